The molecular formula is C22H22Br2O6. The molecule has 8 heteroatoms. The maximum atomic E-state index is 12.5. The first kappa shape index (κ1) is 21.9. The largest absolute Gasteiger partial charge is 0.485 e. The van der Waals surface area contributed by atoms with Crippen LogP contribution in [0.1, 0.15) is 19.4 Å². The second-order valence-electron chi connectivity index (χ2n) is 7.60. The van der Waals surface area contributed by atoms with Gasteiger partial charge >= 0.3 is 0 Å². The Hall–Kier alpha value is -1.29. The average Bonchev–Trinajstić information content (AvgIpc) is 3.13. The minimum Gasteiger partial charge on any atom is -0.485 e. The fourth-order valence-corrected chi connectivity index (χ4v) is 4.31. The van der Waals surface area contributed by atoms with Gasteiger partial charge in [0.2, 0.25) is 5.43 Å². The lowest BCUT2D eigenvalue weighted by atomic mass is 10.1. The summed E-state index contributed by atoms with van der Waals surface area (Å²) in [6, 6.07) is 15.1. The lowest BCUT2D eigenvalue weighted by Crippen LogP contribution is -2.39. The lowest BCUT2D eigenvalue weighted by Gasteiger charge is -2.26. The van der Waals surface area contributed by atoms with Crippen LogP contribution in [0.5, 0.6) is 5.75 Å². The van der Waals surface area contributed by atoms with Crippen LogP contribution in [0.3, 0.4) is 0 Å². The molecule has 0 bridgehead atoms. The van der Waals surface area contributed by atoms with E-state index >= 15 is 0 Å². The fourth-order valence-electron chi connectivity index (χ4n) is 3.53. The first-order valence-electron chi connectivity index (χ1n) is 9.62. The summed E-state index contributed by atoms with van der Waals surface area (Å²) in [4.78, 5) is 12.5. The van der Waals surface area contributed by atoms with Crippen molar-refractivity contribution in [3.8, 4) is 5.75 Å². The van der Waals surface area contributed by atoms with Crippen LogP contribution in [0.4, 0.5) is 0 Å². The van der Waals surface area contributed by atoms with E-state index in [-0.39, 0.29) is 23.9 Å². The molecule has 6 nitrogen and oxygen atoms in total. The van der Waals surface area contributed by atoms with Crippen LogP contribution in [0.15, 0.2) is 62.3 Å². The van der Waals surface area contributed by atoms with Crippen LogP contribution in [-0.2, 0) is 25.6 Å². The predicted octanol–water partition coefficient (Wildman–Crippen LogP) is 4.41. The van der Waals surface area contributed by atoms with E-state index in [9.17, 15) is 4.79 Å². The van der Waals surface area contributed by atoms with Crippen molar-refractivity contribution in [1.82, 2.24) is 0 Å². The van der Waals surface area contributed by atoms with Gasteiger partial charge in [0, 0.05) is 0 Å². The highest BCUT2D eigenvalue weighted by atomic mass is 79.9. The summed E-state index contributed by atoms with van der Waals surface area (Å²) in [7, 11) is 0. The van der Waals surface area contributed by atoms with Gasteiger partial charge in [0.25, 0.3) is 0 Å². The van der Waals surface area contributed by atoms with Crippen molar-refractivity contribution in [2.45, 2.75) is 50.8 Å². The highest BCUT2D eigenvalue weighted by Crippen LogP contribution is 2.39. The van der Waals surface area contributed by atoms with Gasteiger partial charge in [-0.05, 0) is 63.4 Å². The van der Waals surface area contributed by atoms with Crippen molar-refractivity contribution in [2.75, 3.05) is 6.61 Å². The summed E-state index contributed by atoms with van der Waals surface area (Å²) in [6.45, 7) is 4.21. The zero-order valence-corrected chi connectivity index (χ0v) is 19.7. The smallest absolute Gasteiger partial charge is 0.235 e. The molecule has 0 N–H and O–H groups in total. The number of halogens is 2. The third-order valence-electron chi connectivity index (χ3n) is 4.89. The Kier molecular flexibility index (Phi) is 6.62. The molecule has 4 atom stereocenters. The Morgan fingerprint density at radius 2 is 1.73 bits per heavy atom. The summed E-state index contributed by atoms with van der Waals surface area (Å²) in [5.74, 6) is -0.546. The molecule has 2 saturated heterocycles. The van der Waals surface area contributed by atoms with Crippen molar-refractivity contribution in [1.29, 1.82) is 0 Å². The normalized spacial score (nSPS) is 27.1. The zero-order valence-electron chi connectivity index (χ0n) is 16.5. The second-order valence-corrected chi connectivity index (χ2v) is 9.30. The minimum atomic E-state index is -0.751. The fraction of sp³-hybridized carbons (Fsp3) is 0.409. The van der Waals surface area contributed by atoms with Gasteiger partial charge in [0.15, 0.2) is 17.8 Å². The third-order valence-corrected chi connectivity index (χ3v) is 6.14. The van der Waals surface area contributed by atoms with Crippen LogP contribution in [0.25, 0.3) is 0 Å². The zero-order chi connectivity index (χ0) is 21.3. The predicted molar refractivity (Wildman–Crippen MR) is 117 cm³/mol. The summed E-state index contributed by atoms with van der Waals surface area (Å²) in [5, 5.41) is 0. The Morgan fingerprint density at radius 3 is 2.50 bits per heavy atom. The van der Waals surface area contributed by atoms with Gasteiger partial charge in [0.1, 0.15) is 24.9 Å². The molecule has 0 spiro atoms. The SMILES string of the molecule is CC1(C)O[C@H]2O[C@H](COc3c(Br)cccc(Br)c3=O)[C@H](OCc3ccccc3)[C@H]2O1. The van der Waals surface area contributed by atoms with E-state index in [0.717, 1.165) is 5.56 Å². The number of hydrogen-bond donors (Lipinski definition) is 0. The molecule has 2 fully saturated rings. The monoisotopic (exact) mass is 540 g/mol. The molecular weight excluding hydrogens is 520 g/mol. The average molecular weight is 542 g/mol. The van der Waals surface area contributed by atoms with E-state index < -0.39 is 24.3 Å². The van der Waals surface area contributed by atoms with Crippen molar-refractivity contribution in [3.63, 3.8) is 0 Å². The van der Waals surface area contributed by atoms with Gasteiger partial charge in [-0.1, -0.05) is 36.4 Å². The van der Waals surface area contributed by atoms with E-state index in [0.29, 0.717) is 15.6 Å². The summed E-state index contributed by atoms with van der Waals surface area (Å²) in [6.07, 6.45) is -1.81. The molecule has 4 rings (SSSR count). The number of hydrogen-bond acceptors (Lipinski definition) is 6. The number of ether oxygens (including phenoxy) is 5. The van der Waals surface area contributed by atoms with Crippen molar-refractivity contribution < 1.29 is 23.7 Å². The summed E-state index contributed by atoms with van der Waals surface area (Å²) >= 11 is 6.66. The van der Waals surface area contributed by atoms with E-state index in [4.69, 9.17) is 23.7 Å². The molecule has 2 aromatic rings. The van der Waals surface area contributed by atoms with Crippen LogP contribution in [-0.4, -0.2) is 37.0 Å². The van der Waals surface area contributed by atoms with E-state index in [1.54, 1.807) is 18.2 Å². The number of fused-ring (bicyclic) bond motifs is 1. The lowest BCUT2D eigenvalue weighted by molar-refractivity contribution is -0.221. The standard InChI is InChI=1S/C22H22Br2O6/c1-22(2)29-20-19(26-11-13-7-4-3-5-8-13)16(28-21(20)30-22)12-27-18-15(24)10-6-9-14(23)17(18)25/h3-10,16,19-21H,11-12H2,1-2H3/t16-,19+,20-,21-/m1/s1. The number of benzene rings is 1. The van der Waals surface area contributed by atoms with E-state index in [2.05, 4.69) is 31.9 Å². The molecule has 0 aromatic heterocycles. The number of rotatable bonds is 6. The molecule has 0 radical (unpaired) electrons. The molecule has 0 unspecified atom stereocenters. The Morgan fingerprint density at radius 1 is 1.00 bits per heavy atom. The first-order chi connectivity index (χ1) is 14.3. The van der Waals surface area contributed by atoms with Crippen molar-refractivity contribution in [2.24, 2.45) is 0 Å². The van der Waals surface area contributed by atoms with Gasteiger partial charge in [-0.25, -0.2) is 0 Å². The third kappa shape index (κ3) is 4.79. The Balaban J connectivity index is 1.51. The van der Waals surface area contributed by atoms with Crippen LogP contribution in [0.2, 0.25) is 0 Å². The van der Waals surface area contributed by atoms with Crippen LogP contribution < -0.4 is 10.2 Å². The molecule has 2 aliphatic rings. The molecule has 2 heterocycles. The van der Waals surface area contributed by atoms with Gasteiger partial charge in [-0.15, -0.1) is 0 Å². The Bertz CT molecular complexity index is 952. The van der Waals surface area contributed by atoms with Crippen molar-refractivity contribution in [3.05, 3.63) is 73.3 Å². The van der Waals surface area contributed by atoms with E-state index in [1.165, 1.54) is 0 Å². The first-order valence-corrected chi connectivity index (χ1v) is 11.2. The molecule has 160 valence electrons. The molecule has 2 aromatic carbocycles. The van der Waals surface area contributed by atoms with Gasteiger partial charge in [-0.2, -0.15) is 0 Å². The van der Waals surface area contributed by atoms with Crippen molar-refractivity contribution >= 4 is 31.9 Å². The Labute approximate surface area is 191 Å². The topological polar surface area (TPSA) is 63.2 Å². The molecule has 30 heavy (non-hydrogen) atoms. The molecule has 0 aliphatic carbocycles. The van der Waals surface area contributed by atoms with Gasteiger partial charge < -0.3 is 23.7 Å². The van der Waals surface area contributed by atoms with Crippen LogP contribution >= 0.6 is 31.9 Å². The quantitative estimate of drug-likeness (QED) is 0.539. The maximum Gasteiger partial charge on any atom is 0.235 e. The van der Waals surface area contributed by atoms with Gasteiger partial charge in [0.05, 0.1) is 15.6 Å². The second kappa shape index (κ2) is 9.06. The summed E-state index contributed by atoms with van der Waals surface area (Å²) < 4.78 is 31.0. The summed E-state index contributed by atoms with van der Waals surface area (Å²) in [5.41, 5.74) is 0.794. The molecule has 2 aliphatic heterocycles. The minimum absolute atomic E-state index is 0.115. The highest BCUT2D eigenvalue weighted by Gasteiger charge is 2.55. The highest BCUT2D eigenvalue weighted by molar-refractivity contribution is 9.11. The maximum absolute atomic E-state index is 12.5. The van der Waals surface area contributed by atoms with Gasteiger partial charge in [-0.3, -0.25) is 4.79 Å². The molecule has 0 amide bonds. The van der Waals surface area contributed by atoms with E-state index in [1.807, 2.05) is 44.2 Å². The molecule has 0 saturated carbocycles. The van der Waals surface area contributed by atoms with Crippen LogP contribution in [0, 0.1) is 0 Å².